The van der Waals surface area contributed by atoms with Crippen LogP contribution in [0.1, 0.15) is 16.1 Å². The molecule has 3 aromatic rings. The maximum atomic E-state index is 12.7. The summed E-state index contributed by atoms with van der Waals surface area (Å²) in [6.07, 6.45) is 1.38. The number of benzene rings is 2. The highest BCUT2D eigenvalue weighted by molar-refractivity contribution is 9.10. The Kier molecular flexibility index (Phi) is 5.24. The maximum Gasteiger partial charge on any atom is 0.338 e. The minimum absolute atomic E-state index is 0.0555. The first-order chi connectivity index (χ1) is 14.5. The summed E-state index contributed by atoms with van der Waals surface area (Å²) in [7, 11) is 1.30. The van der Waals surface area contributed by atoms with Crippen LogP contribution in [0.4, 0.5) is 5.69 Å². The Morgan fingerprint density at radius 3 is 2.53 bits per heavy atom. The van der Waals surface area contributed by atoms with Crippen molar-refractivity contribution in [2.45, 2.75) is 0 Å². The lowest BCUT2D eigenvalue weighted by atomic mass is 10.1. The Balaban J connectivity index is 1.63. The molecule has 0 radical (unpaired) electrons. The predicted molar refractivity (Wildman–Crippen MR) is 113 cm³/mol. The van der Waals surface area contributed by atoms with Crippen molar-refractivity contribution in [2.75, 3.05) is 12.1 Å². The van der Waals surface area contributed by atoms with E-state index in [2.05, 4.69) is 21.4 Å². The van der Waals surface area contributed by atoms with E-state index in [1.165, 1.54) is 18.2 Å². The molecular formula is C22H15BrN2O5. The molecule has 2 aromatic carbocycles. The van der Waals surface area contributed by atoms with Crippen LogP contribution in [0.3, 0.4) is 0 Å². The molecule has 1 aliphatic rings. The number of esters is 1. The Hall–Kier alpha value is -3.65. The number of halogens is 1. The van der Waals surface area contributed by atoms with E-state index in [4.69, 9.17) is 9.15 Å². The summed E-state index contributed by atoms with van der Waals surface area (Å²) in [5.41, 5.74) is 3.92. The second-order valence-corrected chi connectivity index (χ2v) is 7.27. The highest BCUT2D eigenvalue weighted by atomic mass is 79.9. The van der Waals surface area contributed by atoms with Gasteiger partial charge in [-0.2, -0.15) is 0 Å². The molecule has 1 fully saturated rings. The average molecular weight is 467 g/mol. The van der Waals surface area contributed by atoms with Gasteiger partial charge in [0.05, 0.1) is 18.4 Å². The first-order valence-electron chi connectivity index (χ1n) is 8.88. The van der Waals surface area contributed by atoms with Gasteiger partial charge in [-0.25, -0.2) is 9.80 Å². The fourth-order valence-corrected chi connectivity index (χ4v) is 3.30. The molecule has 0 atom stereocenters. The second-order valence-electron chi connectivity index (χ2n) is 6.36. The van der Waals surface area contributed by atoms with Crippen molar-refractivity contribution in [1.29, 1.82) is 0 Å². The lowest BCUT2D eigenvalue weighted by Crippen LogP contribution is -2.35. The quantitative estimate of drug-likeness (QED) is 0.357. The number of nitrogens with one attached hydrogen (secondary N) is 1. The molecule has 1 saturated heterocycles. The minimum atomic E-state index is -0.532. The molecule has 2 amide bonds. The van der Waals surface area contributed by atoms with Crippen LogP contribution in [0, 0.1) is 0 Å². The molecule has 0 bridgehead atoms. The van der Waals surface area contributed by atoms with Crippen LogP contribution >= 0.6 is 15.9 Å². The number of ether oxygens (including phenoxy) is 1. The fourth-order valence-electron chi connectivity index (χ4n) is 3.03. The molecule has 1 N–H and O–H groups in total. The maximum absolute atomic E-state index is 12.7. The average Bonchev–Trinajstić information content (AvgIpc) is 3.34. The van der Waals surface area contributed by atoms with Gasteiger partial charge < -0.3 is 9.15 Å². The van der Waals surface area contributed by atoms with Crippen LogP contribution in [0.25, 0.3) is 17.4 Å². The van der Waals surface area contributed by atoms with Gasteiger partial charge in [-0.05, 0) is 48.5 Å². The molecule has 1 aromatic heterocycles. The number of nitrogens with zero attached hydrogens (tertiary/aromatic N) is 1. The number of rotatable bonds is 4. The van der Waals surface area contributed by atoms with E-state index >= 15 is 0 Å². The molecule has 8 heteroatoms. The Morgan fingerprint density at radius 2 is 1.80 bits per heavy atom. The molecule has 150 valence electrons. The summed E-state index contributed by atoms with van der Waals surface area (Å²) in [6, 6.07) is 17.1. The van der Waals surface area contributed by atoms with Crippen LogP contribution in [-0.2, 0) is 14.3 Å². The SMILES string of the molecule is COC(=O)c1ccccc1-c1ccc(/C=C2\C(=O)NN(c3ccc(Br)cc3)C2=O)o1. The van der Waals surface area contributed by atoms with Crippen molar-refractivity contribution >= 4 is 45.5 Å². The third-order valence-electron chi connectivity index (χ3n) is 4.49. The molecule has 7 nitrogen and oxygen atoms in total. The van der Waals surface area contributed by atoms with Crippen molar-refractivity contribution in [3.63, 3.8) is 0 Å². The van der Waals surface area contributed by atoms with Gasteiger partial charge >= 0.3 is 5.97 Å². The summed E-state index contributed by atoms with van der Waals surface area (Å²) in [5, 5.41) is 1.18. The highest BCUT2D eigenvalue weighted by Crippen LogP contribution is 2.28. The summed E-state index contributed by atoms with van der Waals surface area (Å²) >= 11 is 3.33. The number of hydrogen-bond acceptors (Lipinski definition) is 5. The van der Waals surface area contributed by atoms with Crippen molar-refractivity contribution in [3.8, 4) is 11.3 Å². The van der Waals surface area contributed by atoms with Crippen LogP contribution in [0.15, 0.2) is 75.1 Å². The van der Waals surface area contributed by atoms with E-state index in [9.17, 15) is 14.4 Å². The smallest absolute Gasteiger partial charge is 0.338 e. The van der Waals surface area contributed by atoms with Gasteiger partial charge in [0.1, 0.15) is 17.1 Å². The van der Waals surface area contributed by atoms with Gasteiger partial charge in [0, 0.05) is 10.0 Å². The standard InChI is InChI=1S/C22H15BrN2O5/c1-29-22(28)17-5-3-2-4-16(17)19-11-10-15(30-19)12-18-20(26)24-25(21(18)27)14-8-6-13(23)7-9-14/h2-12H,1H3,(H,24,26)/b18-12+. The largest absolute Gasteiger partial charge is 0.465 e. The van der Waals surface area contributed by atoms with Crippen LogP contribution in [0.2, 0.25) is 0 Å². The predicted octanol–water partition coefficient (Wildman–Crippen LogP) is 3.96. The van der Waals surface area contributed by atoms with E-state index < -0.39 is 17.8 Å². The van der Waals surface area contributed by atoms with Gasteiger partial charge in [0.15, 0.2) is 0 Å². The Morgan fingerprint density at radius 1 is 1.07 bits per heavy atom. The van der Waals surface area contributed by atoms with E-state index in [-0.39, 0.29) is 5.57 Å². The van der Waals surface area contributed by atoms with Gasteiger partial charge in [0.25, 0.3) is 11.8 Å². The Bertz CT molecular complexity index is 1180. The van der Waals surface area contributed by atoms with E-state index in [0.717, 1.165) is 4.47 Å². The summed E-state index contributed by atoms with van der Waals surface area (Å²) in [6.45, 7) is 0. The number of carbonyl (C=O) groups is 3. The van der Waals surface area contributed by atoms with Crippen LogP contribution in [-0.4, -0.2) is 24.9 Å². The molecule has 0 aliphatic carbocycles. The lowest BCUT2D eigenvalue weighted by Gasteiger charge is -2.14. The van der Waals surface area contributed by atoms with Crippen LogP contribution in [0.5, 0.6) is 0 Å². The van der Waals surface area contributed by atoms with Gasteiger partial charge in [-0.1, -0.05) is 34.1 Å². The molecule has 0 unspecified atom stereocenters. The first-order valence-corrected chi connectivity index (χ1v) is 9.67. The zero-order chi connectivity index (χ0) is 21.3. The fraction of sp³-hybridized carbons (Fsp3) is 0.0455. The number of furan rings is 1. The number of methoxy groups -OCH3 is 1. The van der Waals surface area contributed by atoms with Gasteiger partial charge in [-0.15, -0.1) is 0 Å². The van der Waals surface area contributed by atoms with Crippen molar-refractivity contribution in [3.05, 3.63) is 82.0 Å². The van der Waals surface area contributed by atoms with Crippen molar-refractivity contribution in [1.82, 2.24) is 5.43 Å². The number of carbonyl (C=O) groups excluding carboxylic acids is 3. The number of amides is 2. The number of anilines is 1. The van der Waals surface area contributed by atoms with E-state index in [1.54, 1.807) is 60.7 Å². The molecule has 30 heavy (non-hydrogen) atoms. The van der Waals surface area contributed by atoms with E-state index in [1.807, 2.05) is 0 Å². The molecule has 0 saturated carbocycles. The van der Waals surface area contributed by atoms with Crippen molar-refractivity contribution < 1.29 is 23.5 Å². The molecule has 1 aliphatic heterocycles. The summed E-state index contributed by atoms with van der Waals surface area (Å²) in [5.74, 6) is -0.789. The monoisotopic (exact) mass is 466 g/mol. The first kappa shape index (κ1) is 19.7. The number of hydrogen-bond donors (Lipinski definition) is 1. The van der Waals surface area contributed by atoms with E-state index in [0.29, 0.717) is 28.3 Å². The molecule has 2 heterocycles. The third kappa shape index (κ3) is 3.65. The van der Waals surface area contributed by atoms with Crippen LogP contribution < -0.4 is 10.4 Å². The normalized spacial score (nSPS) is 14.9. The third-order valence-corrected chi connectivity index (χ3v) is 5.02. The minimum Gasteiger partial charge on any atom is -0.465 e. The molecule has 4 rings (SSSR count). The zero-order valence-electron chi connectivity index (χ0n) is 15.7. The highest BCUT2D eigenvalue weighted by Gasteiger charge is 2.34. The number of hydrazine groups is 1. The topological polar surface area (TPSA) is 88.9 Å². The summed E-state index contributed by atoms with van der Waals surface area (Å²) in [4.78, 5) is 37.1. The van der Waals surface area contributed by atoms with Gasteiger partial charge in [0.2, 0.25) is 0 Å². The van der Waals surface area contributed by atoms with Crippen molar-refractivity contribution in [2.24, 2.45) is 0 Å². The second kappa shape index (κ2) is 8.00. The zero-order valence-corrected chi connectivity index (χ0v) is 17.3. The summed E-state index contributed by atoms with van der Waals surface area (Å²) < 4.78 is 11.4. The van der Waals surface area contributed by atoms with Gasteiger partial charge in [-0.3, -0.25) is 15.0 Å². The molecule has 0 spiro atoms. The Labute approximate surface area is 180 Å². The lowest BCUT2D eigenvalue weighted by molar-refractivity contribution is -0.117. The molecular weight excluding hydrogens is 452 g/mol.